The summed E-state index contributed by atoms with van der Waals surface area (Å²) in [6, 6.07) is 8.16. The zero-order valence-electron chi connectivity index (χ0n) is 12.6. The quantitative estimate of drug-likeness (QED) is 0.852. The first-order chi connectivity index (χ1) is 9.69. The molecule has 2 N–H and O–H groups in total. The fourth-order valence-corrected chi connectivity index (χ4v) is 2.34. The molecule has 1 saturated heterocycles. The molecule has 1 atom stereocenters. The van der Waals surface area contributed by atoms with Gasteiger partial charge in [0.1, 0.15) is 5.75 Å². The fraction of sp³-hybridized carbons (Fsp3) is 0.533. The van der Waals surface area contributed by atoms with Crippen LogP contribution in [-0.4, -0.2) is 50.1 Å². The van der Waals surface area contributed by atoms with Gasteiger partial charge in [-0.05, 0) is 24.6 Å². The van der Waals surface area contributed by atoms with Crippen LogP contribution in [0.1, 0.15) is 12.5 Å². The molecule has 1 aromatic carbocycles. The zero-order valence-corrected chi connectivity index (χ0v) is 13.4. The predicted octanol–water partition coefficient (Wildman–Crippen LogP) is 1.03. The molecule has 1 heterocycles. The van der Waals surface area contributed by atoms with Crippen molar-refractivity contribution in [2.75, 3.05) is 33.3 Å². The summed E-state index contributed by atoms with van der Waals surface area (Å²) >= 11 is 0. The van der Waals surface area contributed by atoms with Gasteiger partial charge < -0.3 is 15.4 Å². The number of halogens is 1. The molecule has 5 nitrogen and oxygen atoms in total. The number of benzene rings is 1. The summed E-state index contributed by atoms with van der Waals surface area (Å²) in [5, 5.41) is 6.28. The second-order valence-electron chi connectivity index (χ2n) is 5.15. The number of hydrogen-bond acceptors (Lipinski definition) is 4. The van der Waals surface area contributed by atoms with Crippen molar-refractivity contribution in [2.45, 2.75) is 19.5 Å². The van der Waals surface area contributed by atoms with Gasteiger partial charge in [-0.2, -0.15) is 0 Å². The first-order valence-electron chi connectivity index (χ1n) is 7.03. The molecule has 1 aromatic rings. The molecule has 0 bridgehead atoms. The molecule has 1 amide bonds. The lowest BCUT2D eigenvalue weighted by atomic mass is 10.2. The van der Waals surface area contributed by atoms with Crippen molar-refractivity contribution < 1.29 is 9.53 Å². The van der Waals surface area contributed by atoms with Crippen molar-refractivity contribution in [3.05, 3.63) is 29.8 Å². The smallest absolute Gasteiger partial charge is 0.234 e. The van der Waals surface area contributed by atoms with Gasteiger partial charge in [0.25, 0.3) is 0 Å². The third kappa shape index (κ3) is 5.53. The normalized spacial score (nSPS) is 18.7. The minimum atomic E-state index is 0. The highest BCUT2D eigenvalue weighted by molar-refractivity contribution is 5.85. The highest BCUT2D eigenvalue weighted by Gasteiger charge is 2.19. The molecule has 0 radical (unpaired) electrons. The molecule has 2 rings (SSSR count). The van der Waals surface area contributed by atoms with Crippen LogP contribution in [0.3, 0.4) is 0 Å². The van der Waals surface area contributed by atoms with Crippen molar-refractivity contribution in [3.8, 4) is 5.75 Å². The summed E-state index contributed by atoms with van der Waals surface area (Å²) in [6.45, 7) is 5.97. The maximum absolute atomic E-state index is 12.0. The van der Waals surface area contributed by atoms with Gasteiger partial charge in [-0.25, -0.2) is 0 Å². The number of piperazine rings is 1. The van der Waals surface area contributed by atoms with E-state index in [1.807, 2.05) is 24.3 Å². The number of ether oxygens (including phenoxy) is 1. The van der Waals surface area contributed by atoms with E-state index in [1.165, 1.54) is 0 Å². The second kappa shape index (κ2) is 8.87. The molecule has 0 aliphatic carbocycles. The van der Waals surface area contributed by atoms with Crippen LogP contribution in [0.2, 0.25) is 0 Å². The Morgan fingerprint density at radius 3 is 3.05 bits per heavy atom. The lowest BCUT2D eigenvalue weighted by Crippen LogP contribution is -2.52. The van der Waals surface area contributed by atoms with E-state index in [9.17, 15) is 4.79 Å². The van der Waals surface area contributed by atoms with Gasteiger partial charge in [0.05, 0.1) is 13.7 Å². The zero-order chi connectivity index (χ0) is 14.4. The van der Waals surface area contributed by atoms with Crippen LogP contribution in [-0.2, 0) is 11.3 Å². The minimum absolute atomic E-state index is 0. The Morgan fingerprint density at radius 1 is 1.52 bits per heavy atom. The van der Waals surface area contributed by atoms with E-state index in [0.717, 1.165) is 30.9 Å². The maximum Gasteiger partial charge on any atom is 0.234 e. The van der Waals surface area contributed by atoms with Gasteiger partial charge in [-0.3, -0.25) is 9.69 Å². The monoisotopic (exact) mass is 313 g/mol. The average Bonchev–Trinajstić information content (AvgIpc) is 2.48. The molecular formula is C15H24ClN3O2. The molecule has 1 fully saturated rings. The van der Waals surface area contributed by atoms with Crippen LogP contribution < -0.4 is 15.4 Å². The number of carbonyl (C=O) groups excluding carboxylic acids is 1. The molecule has 0 aromatic heterocycles. The van der Waals surface area contributed by atoms with Gasteiger partial charge >= 0.3 is 0 Å². The van der Waals surface area contributed by atoms with E-state index in [1.54, 1.807) is 7.11 Å². The fourth-order valence-electron chi connectivity index (χ4n) is 2.34. The largest absolute Gasteiger partial charge is 0.497 e. The Labute approximate surface area is 132 Å². The van der Waals surface area contributed by atoms with Crippen LogP contribution in [0.25, 0.3) is 0 Å². The highest BCUT2D eigenvalue weighted by atomic mass is 35.5. The Balaban J connectivity index is 0.00000220. The van der Waals surface area contributed by atoms with E-state index < -0.39 is 0 Å². The van der Waals surface area contributed by atoms with Gasteiger partial charge in [0.15, 0.2) is 0 Å². The van der Waals surface area contributed by atoms with Crippen LogP contribution in [0.4, 0.5) is 0 Å². The van der Waals surface area contributed by atoms with Crippen LogP contribution in [0, 0.1) is 0 Å². The highest BCUT2D eigenvalue weighted by Crippen LogP contribution is 2.12. The Kier molecular flexibility index (Phi) is 7.50. The number of rotatable bonds is 5. The van der Waals surface area contributed by atoms with Gasteiger partial charge in [0.2, 0.25) is 5.91 Å². The summed E-state index contributed by atoms with van der Waals surface area (Å²) in [5.74, 6) is 0.883. The van der Waals surface area contributed by atoms with Crippen LogP contribution in [0.5, 0.6) is 5.75 Å². The van der Waals surface area contributed by atoms with Crippen molar-refractivity contribution in [2.24, 2.45) is 0 Å². The summed E-state index contributed by atoms with van der Waals surface area (Å²) in [6.07, 6.45) is 0. The van der Waals surface area contributed by atoms with Crippen LogP contribution in [0.15, 0.2) is 24.3 Å². The number of nitrogens with one attached hydrogen (secondary N) is 2. The molecule has 21 heavy (non-hydrogen) atoms. The van der Waals surface area contributed by atoms with Crippen molar-refractivity contribution in [1.82, 2.24) is 15.5 Å². The maximum atomic E-state index is 12.0. The lowest BCUT2D eigenvalue weighted by molar-refractivity contribution is -0.123. The number of methoxy groups -OCH3 is 1. The van der Waals surface area contributed by atoms with E-state index in [2.05, 4.69) is 22.5 Å². The molecule has 0 spiro atoms. The number of carbonyl (C=O) groups is 1. The summed E-state index contributed by atoms with van der Waals surface area (Å²) < 4.78 is 5.17. The first-order valence-corrected chi connectivity index (χ1v) is 7.03. The standard InChI is InChI=1S/C15H23N3O2.ClH/c1-12-9-16-6-7-18(12)11-15(19)17-10-13-4-3-5-14(8-13)20-2;/h3-5,8,12,16H,6-7,9-11H2,1-2H3,(H,17,19);1H/t12-;/m0./s1. The number of nitrogens with zero attached hydrogens (tertiary/aromatic N) is 1. The Morgan fingerprint density at radius 2 is 2.33 bits per heavy atom. The topological polar surface area (TPSA) is 53.6 Å². The summed E-state index contributed by atoms with van der Waals surface area (Å²) in [7, 11) is 1.64. The molecular weight excluding hydrogens is 290 g/mol. The van der Waals surface area contributed by atoms with E-state index in [0.29, 0.717) is 19.1 Å². The third-order valence-electron chi connectivity index (χ3n) is 3.61. The number of hydrogen-bond donors (Lipinski definition) is 2. The van der Waals surface area contributed by atoms with E-state index in [-0.39, 0.29) is 18.3 Å². The Hall–Kier alpha value is -1.30. The molecule has 6 heteroatoms. The lowest BCUT2D eigenvalue weighted by Gasteiger charge is -2.33. The van der Waals surface area contributed by atoms with Gasteiger partial charge in [0, 0.05) is 32.2 Å². The van der Waals surface area contributed by atoms with Crippen molar-refractivity contribution >= 4 is 18.3 Å². The summed E-state index contributed by atoms with van der Waals surface area (Å²) in [5.41, 5.74) is 1.05. The van der Waals surface area contributed by atoms with Gasteiger partial charge in [-0.15, -0.1) is 12.4 Å². The number of amides is 1. The minimum Gasteiger partial charge on any atom is -0.497 e. The van der Waals surface area contributed by atoms with E-state index in [4.69, 9.17) is 4.74 Å². The second-order valence-corrected chi connectivity index (χ2v) is 5.15. The van der Waals surface area contributed by atoms with Gasteiger partial charge in [-0.1, -0.05) is 12.1 Å². The molecule has 0 unspecified atom stereocenters. The van der Waals surface area contributed by atoms with E-state index >= 15 is 0 Å². The molecule has 0 saturated carbocycles. The molecule has 1 aliphatic rings. The summed E-state index contributed by atoms with van der Waals surface area (Å²) in [4.78, 5) is 14.2. The third-order valence-corrected chi connectivity index (χ3v) is 3.61. The predicted molar refractivity (Wildman–Crippen MR) is 86.0 cm³/mol. The van der Waals surface area contributed by atoms with Crippen LogP contribution >= 0.6 is 12.4 Å². The SMILES string of the molecule is COc1cccc(CNC(=O)CN2CCNC[C@@H]2C)c1.Cl. The Bertz CT molecular complexity index is 456. The van der Waals surface area contributed by atoms with Crippen molar-refractivity contribution in [1.29, 1.82) is 0 Å². The first kappa shape index (κ1) is 17.8. The average molecular weight is 314 g/mol. The van der Waals surface area contributed by atoms with Crippen molar-refractivity contribution in [3.63, 3.8) is 0 Å². The molecule has 118 valence electrons. The molecule has 1 aliphatic heterocycles.